The third kappa shape index (κ3) is 4.38. The first-order valence-electron chi connectivity index (χ1n) is 8.09. The highest BCUT2D eigenvalue weighted by molar-refractivity contribution is 8.18. The van der Waals surface area contributed by atoms with Crippen molar-refractivity contribution in [3.05, 3.63) is 56.9 Å². The molecular formula is C19H16Cl2N2O4S. The summed E-state index contributed by atoms with van der Waals surface area (Å²) in [7, 11) is 3.08. The van der Waals surface area contributed by atoms with Gasteiger partial charge in [-0.2, -0.15) is 0 Å². The van der Waals surface area contributed by atoms with Crippen molar-refractivity contribution in [3.63, 3.8) is 0 Å². The lowest BCUT2D eigenvalue weighted by Crippen LogP contribution is -2.33. The molecule has 2 aromatic carbocycles. The smallest absolute Gasteiger partial charge is 0.295 e. The highest BCUT2D eigenvalue weighted by atomic mass is 35.5. The zero-order chi connectivity index (χ0) is 20.3. The van der Waals surface area contributed by atoms with Crippen LogP contribution in [0.3, 0.4) is 0 Å². The van der Waals surface area contributed by atoms with Crippen LogP contribution in [0.25, 0.3) is 6.08 Å². The molecule has 0 aliphatic carbocycles. The number of hydrogen-bond acceptors (Lipinski definition) is 6. The molecule has 9 heteroatoms. The van der Waals surface area contributed by atoms with Crippen molar-refractivity contribution in [3.8, 4) is 11.5 Å². The van der Waals surface area contributed by atoms with E-state index in [1.807, 2.05) is 0 Å². The Hall–Kier alpha value is -2.35. The van der Waals surface area contributed by atoms with Crippen molar-refractivity contribution < 1.29 is 19.1 Å². The minimum Gasteiger partial charge on any atom is -0.493 e. The van der Waals surface area contributed by atoms with Crippen LogP contribution in [-0.2, 0) is 4.79 Å². The number of anilines is 1. The zero-order valence-electron chi connectivity index (χ0n) is 15.0. The maximum atomic E-state index is 12.6. The molecule has 3 rings (SSSR count). The summed E-state index contributed by atoms with van der Waals surface area (Å²) in [5.41, 5.74) is 1.37. The van der Waals surface area contributed by atoms with Crippen molar-refractivity contribution in [2.45, 2.75) is 0 Å². The number of thioether (sulfide) groups is 1. The number of carbonyl (C=O) groups is 2. The van der Waals surface area contributed by atoms with Gasteiger partial charge in [-0.05, 0) is 53.7 Å². The number of nitrogens with zero attached hydrogens (tertiary/aromatic N) is 1. The van der Waals surface area contributed by atoms with Crippen LogP contribution in [0.5, 0.6) is 11.5 Å². The van der Waals surface area contributed by atoms with Gasteiger partial charge in [-0.1, -0.05) is 29.3 Å². The Morgan fingerprint density at radius 3 is 2.46 bits per heavy atom. The van der Waals surface area contributed by atoms with E-state index in [0.29, 0.717) is 32.1 Å². The van der Waals surface area contributed by atoms with Crippen LogP contribution in [0, 0.1) is 0 Å². The molecule has 6 nitrogen and oxygen atoms in total. The molecule has 1 aliphatic rings. The number of carbonyl (C=O) groups excluding carboxylic acids is 2. The molecular weight excluding hydrogens is 423 g/mol. The van der Waals surface area contributed by atoms with Crippen LogP contribution in [-0.4, -0.2) is 36.9 Å². The Morgan fingerprint density at radius 1 is 1.04 bits per heavy atom. The first-order valence-corrected chi connectivity index (χ1v) is 9.66. The van der Waals surface area contributed by atoms with E-state index in [-0.39, 0.29) is 17.8 Å². The predicted octanol–water partition coefficient (Wildman–Crippen LogP) is 5.12. The maximum absolute atomic E-state index is 12.6. The van der Waals surface area contributed by atoms with Gasteiger partial charge in [0.1, 0.15) is 0 Å². The summed E-state index contributed by atoms with van der Waals surface area (Å²) in [6, 6.07) is 10.2. The molecule has 0 radical (unpaired) electrons. The molecule has 0 aromatic heterocycles. The van der Waals surface area contributed by atoms with E-state index in [4.69, 9.17) is 32.7 Å². The fourth-order valence-electron chi connectivity index (χ4n) is 2.51. The van der Waals surface area contributed by atoms with Gasteiger partial charge in [0, 0.05) is 5.69 Å². The average Bonchev–Trinajstić information content (AvgIpc) is 2.95. The normalized spacial score (nSPS) is 15.3. The molecule has 1 aliphatic heterocycles. The molecule has 0 atom stereocenters. The summed E-state index contributed by atoms with van der Waals surface area (Å²) in [6.07, 6.45) is 1.64. The number of benzene rings is 2. The van der Waals surface area contributed by atoms with Crippen LogP contribution < -0.4 is 14.8 Å². The third-order valence-electron chi connectivity index (χ3n) is 3.94. The summed E-state index contributed by atoms with van der Waals surface area (Å²) in [6.45, 7) is 0.0197. The van der Waals surface area contributed by atoms with E-state index in [0.717, 1.165) is 22.2 Å². The Bertz CT molecular complexity index is 965. The van der Waals surface area contributed by atoms with Gasteiger partial charge in [-0.3, -0.25) is 14.5 Å². The van der Waals surface area contributed by atoms with Crippen LogP contribution in [0.2, 0.25) is 10.0 Å². The molecule has 1 heterocycles. The topological polar surface area (TPSA) is 67.9 Å². The van der Waals surface area contributed by atoms with Crippen molar-refractivity contribution >= 4 is 57.9 Å². The quantitative estimate of drug-likeness (QED) is 0.631. The fraction of sp³-hybridized carbons (Fsp3) is 0.158. The van der Waals surface area contributed by atoms with E-state index < -0.39 is 0 Å². The average molecular weight is 439 g/mol. The molecule has 2 amide bonds. The van der Waals surface area contributed by atoms with Crippen LogP contribution >= 0.6 is 35.0 Å². The van der Waals surface area contributed by atoms with Crippen molar-refractivity contribution in [2.24, 2.45) is 0 Å². The van der Waals surface area contributed by atoms with Gasteiger partial charge in [0.25, 0.3) is 11.1 Å². The largest absolute Gasteiger partial charge is 0.493 e. The number of methoxy groups -OCH3 is 2. The molecule has 0 spiro atoms. The van der Waals surface area contributed by atoms with Crippen LogP contribution in [0.15, 0.2) is 41.3 Å². The third-order valence-corrected chi connectivity index (χ3v) is 5.59. The molecule has 2 aromatic rings. The fourth-order valence-corrected chi connectivity index (χ4v) is 3.64. The standard InChI is InChI=1S/C19H16Cl2N2O4S/c1-26-15-6-3-11(7-16(15)27-2)8-17-18(24)23(19(25)28-17)10-22-12-4-5-13(20)14(21)9-12/h3-9,22H,10H2,1-2H3/b17-8-. The monoisotopic (exact) mass is 438 g/mol. The van der Waals surface area contributed by atoms with Gasteiger partial charge in [0.05, 0.1) is 35.8 Å². The highest BCUT2D eigenvalue weighted by Crippen LogP contribution is 2.34. The molecule has 1 N–H and O–H groups in total. The number of rotatable bonds is 6. The molecule has 1 fully saturated rings. The van der Waals surface area contributed by atoms with Gasteiger partial charge in [-0.25, -0.2) is 0 Å². The minimum absolute atomic E-state index is 0.0197. The summed E-state index contributed by atoms with van der Waals surface area (Å²) < 4.78 is 10.5. The molecule has 0 bridgehead atoms. The van der Waals surface area contributed by atoms with E-state index in [9.17, 15) is 9.59 Å². The lowest BCUT2D eigenvalue weighted by atomic mass is 10.2. The molecule has 0 unspecified atom stereocenters. The molecule has 28 heavy (non-hydrogen) atoms. The summed E-state index contributed by atoms with van der Waals surface area (Å²) in [5.74, 6) is 0.743. The SMILES string of the molecule is COc1ccc(/C=C2\SC(=O)N(CNc3ccc(Cl)c(Cl)c3)C2=O)cc1OC. The van der Waals surface area contributed by atoms with Gasteiger partial charge < -0.3 is 14.8 Å². The lowest BCUT2D eigenvalue weighted by Gasteiger charge is -2.14. The first-order chi connectivity index (χ1) is 13.4. The Balaban J connectivity index is 1.74. The van der Waals surface area contributed by atoms with Crippen molar-refractivity contribution in [1.82, 2.24) is 4.90 Å². The minimum atomic E-state index is -0.377. The number of halogens is 2. The predicted molar refractivity (Wildman–Crippen MR) is 112 cm³/mol. The second-order valence-electron chi connectivity index (χ2n) is 5.69. The maximum Gasteiger partial charge on any atom is 0.295 e. The van der Waals surface area contributed by atoms with E-state index in [1.54, 1.807) is 49.6 Å². The van der Waals surface area contributed by atoms with Crippen LogP contribution in [0.4, 0.5) is 10.5 Å². The van der Waals surface area contributed by atoms with E-state index >= 15 is 0 Å². The summed E-state index contributed by atoms with van der Waals surface area (Å²) in [5, 5.41) is 3.45. The second kappa shape index (κ2) is 8.77. The second-order valence-corrected chi connectivity index (χ2v) is 7.50. The Labute approximate surface area is 176 Å². The zero-order valence-corrected chi connectivity index (χ0v) is 17.3. The van der Waals surface area contributed by atoms with Gasteiger partial charge in [-0.15, -0.1) is 0 Å². The van der Waals surface area contributed by atoms with E-state index in [1.165, 1.54) is 7.11 Å². The first kappa shape index (κ1) is 20.4. The lowest BCUT2D eigenvalue weighted by molar-refractivity contribution is -0.122. The molecule has 1 saturated heterocycles. The number of hydrogen-bond donors (Lipinski definition) is 1. The van der Waals surface area contributed by atoms with Gasteiger partial charge >= 0.3 is 0 Å². The van der Waals surface area contributed by atoms with Gasteiger partial charge in [0.15, 0.2) is 11.5 Å². The van der Waals surface area contributed by atoms with Gasteiger partial charge in [0.2, 0.25) is 0 Å². The Morgan fingerprint density at radius 2 is 1.79 bits per heavy atom. The summed E-state index contributed by atoms with van der Waals surface area (Å²) in [4.78, 5) is 26.3. The van der Waals surface area contributed by atoms with E-state index in [2.05, 4.69) is 5.32 Å². The molecule has 0 saturated carbocycles. The number of imide groups is 1. The van der Waals surface area contributed by atoms with Crippen molar-refractivity contribution in [1.29, 1.82) is 0 Å². The summed E-state index contributed by atoms with van der Waals surface area (Å²) >= 11 is 12.7. The molecule has 146 valence electrons. The number of nitrogens with one attached hydrogen (secondary N) is 1. The number of amides is 2. The van der Waals surface area contributed by atoms with Crippen LogP contribution in [0.1, 0.15) is 5.56 Å². The van der Waals surface area contributed by atoms with Crippen molar-refractivity contribution in [2.75, 3.05) is 26.2 Å². The Kier molecular flexibility index (Phi) is 6.39. The highest BCUT2D eigenvalue weighted by Gasteiger charge is 2.34. The number of ether oxygens (including phenoxy) is 2.